The van der Waals surface area contributed by atoms with Crippen LogP contribution >= 0.6 is 23.2 Å². The number of benzene rings is 1. The summed E-state index contributed by atoms with van der Waals surface area (Å²) in [7, 11) is -3.57. The van der Waals surface area contributed by atoms with Crippen LogP contribution in [0.3, 0.4) is 0 Å². The van der Waals surface area contributed by atoms with Gasteiger partial charge in [-0.15, -0.1) is 0 Å². The number of hydrogen-bond donors (Lipinski definition) is 0. The third kappa shape index (κ3) is 4.31. The van der Waals surface area contributed by atoms with E-state index in [2.05, 4.69) is 18.7 Å². The second-order valence-corrected chi connectivity index (χ2v) is 9.67. The van der Waals surface area contributed by atoms with Crippen LogP contribution in [0.15, 0.2) is 23.1 Å². The van der Waals surface area contributed by atoms with Crippen molar-refractivity contribution in [3.8, 4) is 0 Å². The maximum Gasteiger partial charge on any atom is 0.243 e. The Kier molecular flexibility index (Phi) is 5.98. The van der Waals surface area contributed by atoms with Gasteiger partial charge in [0.1, 0.15) is 0 Å². The van der Waals surface area contributed by atoms with E-state index in [1.165, 1.54) is 18.2 Å². The van der Waals surface area contributed by atoms with E-state index < -0.39 is 10.0 Å². The Bertz CT molecular complexity index is 719. The quantitative estimate of drug-likeness (QED) is 0.769. The van der Waals surface area contributed by atoms with E-state index in [1.807, 2.05) is 0 Å². The van der Waals surface area contributed by atoms with Gasteiger partial charge in [0.05, 0.1) is 27.1 Å². The van der Waals surface area contributed by atoms with E-state index in [1.54, 1.807) is 4.31 Å². The standard InChI is InChI=1S/C17H24Cl2N2O3S/c1-12-9-20(10-13(2)24-12)11-14-4-3-7-21(14)25(22,23)15-5-6-16(18)17(19)8-15/h5-6,8,12-14H,3-4,7,9-11H2,1-2H3. The number of sulfonamides is 1. The zero-order valence-electron chi connectivity index (χ0n) is 14.5. The van der Waals surface area contributed by atoms with Gasteiger partial charge >= 0.3 is 0 Å². The average molecular weight is 407 g/mol. The molecule has 25 heavy (non-hydrogen) atoms. The topological polar surface area (TPSA) is 49.9 Å². The molecule has 0 aliphatic carbocycles. The summed E-state index contributed by atoms with van der Waals surface area (Å²) in [4.78, 5) is 2.52. The molecule has 5 nitrogen and oxygen atoms in total. The lowest BCUT2D eigenvalue weighted by Crippen LogP contribution is -2.50. The number of halogens is 2. The maximum atomic E-state index is 13.1. The summed E-state index contributed by atoms with van der Waals surface area (Å²) in [5.74, 6) is 0. The van der Waals surface area contributed by atoms with E-state index in [0.29, 0.717) is 11.6 Å². The van der Waals surface area contributed by atoms with Crippen LogP contribution in [0, 0.1) is 0 Å². The molecule has 2 fully saturated rings. The summed E-state index contributed by atoms with van der Waals surface area (Å²) in [6.07, 6.45) is 2.09. The first-order valence-corrected chi connectivity index (χ1v) is 10.8. The van der Waals surface area contributed by atoms with Gasteiger partial charge in [0.25, 0.3) is 0 Å². The molecule has 3 rings (SSSR count). The highest BCUT2D eigenvalue weighted by atomic mass is 35.5. The third-order valence-corrected chi connectivity index (χ3v) is 7.47. The Morgan fingerprint density at radius 1 is 1.16 bits per heavy atom. The highest BCUT2D eigenvalue weighted by Gasteiger charge is 2.37. The highest BCUT2D eigenvalue weighted by Crippen LogP contribution is 2.31. The molecular weight excluding hydrogens is 383 g/mol. The highest BCUT2D eigenvalue weighted by molar-refractivity contribution is 7.89. The molecular formula is C17H24Cl2N2O3S. The maximum absolute atomic E-state index is 13.1. The first-order chi connectivity index (χ1) is 11.8. The van der Waals surface area contributed by atoms with Gasteiger partial charge in [0.15, 0.2) is 0 Å². The fraction of sp³-hybridized carbons (Fsp3) is 0.647. The molecule has 3 atom stereocenters. The lowest BCUT2D eigenvalue weighted by atomic mass is 10.1. The molecule has 0 N–H and O–H groups in total. The zero-order chi connectivity index (χ0) is 18.2. The molecule has 2 saturated heterocycles. The second kappa shape index (κ2) is 7.71. The Labute approximate surface area is 159 Å². The van der Waals surface area contributed by atoms with E-state index in [9.17, 15) is 8.42 Å². The minimum Gasteiger partial charge on any atom is -0.373 e. The Morgan fingerprint density at radius 2 is 1.84 bits per heavy atom. The van der Waals surface area contributed by atoms with Crippen LogP contribution in [-0.4, -0.2) is 62.1 Å². The number of hydrogen-bond acceptors (Lipinski definition) is 4. The van der Waals surface area contributed by atoms with Gasteiger partial charge in [0, 0.05) is 32.2 Å². The van der Waals surface area contributed by atoms with E-state index in [-0.39, 0.29) is 28.2 Å². The number of ether oxygens (including phenoxy) is 1. The third-order valence-electron chi connectivity index (χ3n) is 4.78. The minimum atomic E-state index is -3.57. The number of rotatable bonds is 4. The summed E-state index contributed by atoms with van der Waals surface area (Å²) in [6, 6.07) is 4.48. The van der Waals surface area contributed by atoms with Crippen molar-refractivity contribution in [2.45, 2.75) is 49.8 Å². The Hall–Kier alpha value is -0.370. The van der Waals surface area contributed by atoms with Gasteiger partial charge in [0.2, 0.25) is 10.0 Å². The van der Waals surface area contributed by atoms with Crippen molar-refractivity contribution in [3.63, 3.8) is 0 Å². The SMILES string of the molecule is CC1CN(CC2CCCN2S(=O)(=O)c2ccc(Cl)c(Cl)c2)CC(C)O1. The minimum absolute atomic E-state index is 0.0167. The van der Waals surface area contributed by atoms with Crippen LogP contribution in [-0.2, 0) is 14.8 Å². The molecule has 1 aromatic rings. The molecule has 2 aliphatic heterocycles. The first-order valence-electron chi connectivity index (χ1n) is 8.62. The predicted octanol–water partition coefficient (Wildman–Crippen LogP) is 3.26. The summed E-state index contributed by atoms with van der Waals surface area (Å²) >= 11 is 11.9. The van der Waals surface area contributed by atoms with Gasteiger partial charge in [-0.1, -0.05) is 23.2 Å². The fourth-order valence-corrected chi connectivity index (χ4v) is 5.89. The molecule has 2 aliphatic rings. The Balaban J connectivity index is 1.77. The molecule has 1 aromatic carbocycles. The number of nitrogens with zero attached hydrogens (tertiary/aromatic N) is 2. The molecule has 140 valence electrons. The zero-order valence-corrected chi connectivity index (χ0v) is 16.8. The molecule has 0 spiro atoms. The summed E-state index contributed by atoms with van der Waals surface area (Å²) < 4.78 is 33.5. The monoisotopic (exact) mass is 406 g/mol. The van der Waals surface area contributed by atoms with Crippen LogP contribution < -0.4 is 0 Å². The molecule has 0 aromatic heterocycles. The summed E-state index contributed by atoms with van der Waals surface area (Å²) in [5.41, 5.74) is 0. The van der Waals surface area contributed by atoms with Gasteiger partial charge in [-0.2, -0.15) is 4.31 Å². The predicted molar refractivity (Wildman–Crippen MR) is 99.8 cm³/mol. The second-order valence-electron chi connectivity index (χ2n) is 6.96. The van der Waals surface area contributed by atoms with Crippen molar-refractivity contribution in [3.05, 3.63) is 28.2 Å². The van der Waals surface area contributed by atoms with Crippen molar-refractivity contribution in [2.24, 2.45) is 0 Å². The molecule has 0 amide bonds. The van der Waals surface area contributed by atoms with Gasteiger partial charge in [-0.05, 0) is 44.9 Å². The van der Waals surface area contributed by atoms with E-state index in [0.717, 1.165) is 32.5 Å². The van der Waals surface area contributed by atoms with Crippen molar-refractivity contribution >= 4 is 33.2 Å². The first kappa shape index (κ1) is 19.4. The Morgan fingerprint density at radius 3 is 2.48 bits per heavy atom. The smallest absolute Gasteiger partial charge is 0.243 e. The van der Waals surface area contributed by atoms with Crippen molar-refractivity contribution < 1.29 is 13.2 Å². The van der Waals surface area contributed by atoms with E-state index in [4.69, 9.17) is 27.9 Å². The average Bonchev–Trinajstić information content (AvgIpc) is 2.97. The van der Waals surface area contributed by atoms with E-state index >= 15 is 0 Å². The normalized spacial score (nSPS) is 29.2. The molecule has 0 bridgehead atoms. The lowest BCUT2D eigenvalue weighted by molar-refractivity contribution is -0.0707. The summed E-state index contributed by atoms with van der Waals surface area (Å²) in [6.45, 7) is 7.06. The van der Waals surface area contributed by atoms with Crippen molar-refractivity contribution in [1.82, 2.24) is 9.21 Å². The van der Waals surface area contributed by atoms with Gasteiger partial charge in [-0.3, -0.25) is 4.90 Å². The summed E-state index contributed by atoms with van der Waals surface area (Å²) in [5, 5.41) is 0.615. The molecule has 8 heteroatoms. The van der Waals surface area contributed by atoms with Crippen LogP contribution in [0.25, 0.3) is 0 Å². The lowest BCUT2D eigenvalue weighted by Gasteiger charge is -2.38. The molecule has 2 heterocycles. The van der Waals surface area contributed by atoms with Crippen LogP contribution in [0.1, 0.15) is 26.7 Å². The van der Waals surface area contributed by atoms with Crippen molar-refractivity contribution in [2.75, 3.05) is 26.2 Å². The molecule has 0 radical (unpaired) electrons. The molecule has 0 saturated carbocycles. The van der Waals surface area contributed by atoms with Crippen LogP contribution in [0.2, 0.25) is 10.0 Å². The van der Waals surface area contributed by atoms with Gasteiger partial charge in [-0.25, -0.2) is 8.42 Å². The van der Waals surface area contributed by atoms with Crippen LogP contribution in [0.5, 0.6) is 0 Å². The molecule has 3 unspecified atom stereocenters. The van der Waals surface area contributed by atoms with Gasteiger partial charge < -0.3 is 4.74 Å². The van der Waals surface area contributed by atoms with Crippen molar-refractivity contribution in [1.29, 1.82) is 0 Å². The largest absolute Gasteiger partial charge is 0.373 e. The number of morpholine rings is 1. The van der Waals surface area contributed by atoms with Crippen LogP contribution in [0.4, 0.5) is 0 Å². The fourth-order valence-electron chi connectivity index (χ4n) is 3.81.